The highest BCUT2D eigenvalue weighted by molar-refractivity contribution is 8.00. The second kappa shape index (κ2) is 7.71. The van der Waals surface area contributed by atoms with E-state index < -0.39 is 0 Å². The van der Waals surface area contributed by atoms with Crippen molar-refractivity contribution in [2.45, 2.75) is 36.6 Å². The van der Waals surface area contributed by atoms with Gasteiger partial charge in [-0.3, -0.25) is 0 Å². The van der Waals surface area contributed by atoms with E-state index in [0.717, 1.165) is 64.4 Å². The van der Waals surface area contributed by atoms with Gasteiger partial charge in [0.1, 0.15) is 29.0 Å². The Labute approximate surface area is 160 Å². The van der Waals surface area contributed by atoms with Crippen LogP contribution >= 0.6 is 23.1 Å². The lowest BCUT2D eigenvalue weighted by Crippen LogP contribution is -2.39. The maximum absolute atomic E-state index is 4.52. The summed E-state index contributed by atoms with van der Waals surface area (Å²) in [6.07, 6.45) is 8.32. The average Bonchev–Trinajstić information content (AvgIpc) is 3.13. The van der Waals surface area contributed by atoms with E-state index in [2.05, 4.69) is 48.1 Å². The third kappa shape index (κ3) is 3.59. The van der Waals surface area contributed by atoms with Gasteiger partial charge in [-0.25, -0.2) is 24.9 Å². The molecule has 9 heteroatoms. The molecule has 1 N–H and O–H groups in total. The van der Waals surface area contributed by atoms with Crippen LogP contribution in [0.1, 0.15) is 25.5 Å². The van der Waals surface area contributed by atoms with Crippen LogP contribution in [0.2, 0.25) is 0 Å². The Hall–Kier alpha value is -2.00. The van der Waals surface area contributed by atoms with Crippen molar-refractivity contribution in [1.29, 1.82) is 0 Å². The second-order valence-corrected chi connectivity index (χ2v) is 8.24. The van der Waals surface area contributed by atoms with Gasteiger partial charge in [0.15, 0.2) is 9.99 Å². The molecule has 0 saturated carbocycles. The van der Waals surface area contributed by atoms with Gasteiger partial charge in [-0.1, -0.05) is 18.7 Å². The largest absolute Gasteiger partial charge is 0.366 e. The number of anilines is 2. The molecule has 0 amide bonds. The summed E-state index contributed by atoms with van der Waals surface area (Å²) in [6.45, 7) is 4.07. The minimum absolute atomic E-state index is 0.400. The normalized spacial score (nSPS) is 15.5. The number of thiazole rings is 1. The third-order valence-corrected chi connectivity index (χ3v) is 6.61. The number of aryl methyl sites for hydroxylation is 1. The number of thioether (sulfide) groups is 1. The van der Waals surface area contributed by atoms with Gasteiger partial charge in [0.2, 0.25) is 0 Å². The summed E-state index contributed by atoms with van der Waals surface area (Å²) >= 11 is 3.29. The van der Waals surface area contributed by atoms with Crippen molar-refractivity contribution in [2.24, 2.45) is 0 Å². The van der Waals surface area contributed by atoms with Gasteiger partial charge in [-0.2, -0.15) is 0 Å². The van der Waals surface area contributed by atoms with E-state index in [1.165, 1.54) is 0 Å². The molecule has 1 aliphatic heterocycles. The van der Waals surface area contributed by atoms with Gasteiger partial charge in [0.25, 0.3) is 0 Å². The zero-order chi connectivity index (χ0) is 17.9. The standard InChI is InChI=1S/C17H21N7S2/c1-3-11-8-13(19-9-18-11)24-6-4-12(5-7-24)22-15-14-16(21-10-20-15)23-17(25-2)26-14/h8-10,12H,3-7H2,1-2H3,(H,20,21,22). The molecule has 0 spiro atoms. The van der Waals surface area contributed by atoms with E-state index in [9.17, 15) is 0 Å². The van der Waals surface area contributed by atoms with Gasteiger partial charge >= 0.3 is 0 Å². The highest BCUT2D eigenvalue weighted by atomic mass is 32.2. The Kier molecular flexibility index (Phi) is 5.16. The number of piperidine rings is 1. The molecule has 4 heterocycles. The minimum atomic E-state index is 0.400. The summed E-state index contributed by atoms with van der Waals surface area (Å²) in [5.74, 6) is 1.94. The number of fused-ring (bicyclic) bond motifs is 1. The van der Waals surface area contributed by atoms with E-state index in [1.807, 2.05) is 6.26 Å². The second-order valence-electron chi connectivity index (χ2n) is 6.19. The Morgan fingerprint density at radius 1 is 1.19 bits per heavy atom. The fraction of sp³-hybridized carbons (Fsp3) is 0.471. The quantitative estimate of drug-likeness (QED) is 0.669. The first-order valence-corrected chi connectivity index (χ1v) is 10.8. The Bertz CT molecular complexity index is 890. The lowest BCUT2D eigenvalue weighted by Gasteiger charge is -2.33. The van der Waals surface area contributed by atoms with Crippen LogP contribution in [0.3, 0.4) is 0 Å². The average molecular weight is 388 g/mol. The fourth-order valence-electron chi connectivity index (χ4n) is 3.12. The van der Waals surface area contributed by atoms with Crippen molar-refractivity contribution in [2.75, 3.05) is 29.6 Å². The zero-order valence-electron chi connectivity index (χ0n) is 14.8. The van der Waals surface area contributed by atoms with Crippen molar-refractivity contribution >= 4 is 45.1 Å². The van der Waals surface area contributed by atoms with E-state index >= 15 is 0 Å². The molecule has 1 fully saturated rings. The SMILES string of the molecule is CCc1cc(N2CCC(Nc3ncnc4nc(SC)sc34)CC2)ncn1. The first-order valence-electron chi connectivity index (χ1n) is 8.74. The van der Waals surface area contributed by atoms with Crippen LogP contribution < -0.4 is 10.2 Å². The summed E-state index contributed by atoms with van der Waals surface area (Å²) in [6, 6.07) is 2.50. The molecule has 136 valence electrons. The van der Waals surface area contributed by atoms with Crippen LogP contribution in [0.25, 0.3) is 10.3 Å². The molecule has 1 aliphatic rings. The summed E-state index contributed by atoms with van der Waals surface area (Å²) in [5, 5.41) is 3.61. The molecule has 0 aromatic carbocycles. The molecule has 0 radical (unpaired) electrons. The predicted molar refractivity (Wildman–Crippen MR) is 107 cm³/mol. The van der Waals surface area contributed by atoms with Crippen molar-refractivity contribution in [1.82, 2.24) is 24.9 Å². The molecular formula is C17H21N7S2. The molecule has 0 unspecified atom stereocenters. The van der Waals surface area contributed by atoms with E-state index in [1.54, 1.807) is 35.8 Å². The maximum atomic E-state index is 4.52. The van der Waals surface area contributed by atoms with Gasteiger partial charge in [-0.05, 0) is 25.5 Å². The topological polar surface area (TPSA) is 79.7 Å². The van der Waals surface area contributed by atoms with Crippen LogP contribution in [0.4, 0.5) is 11.6 Å². The fourth-order valence-corrected chi connectivity index (χ4v) is 4.59. The molecule has 3 aromatic heterocycles. The Morgan fingerprint density at radius 2 is 2.00 bits per heavy atom. The van der Waals surface area contributed by atoms with Crippen molar-refractivity contribution < 1.29 is 0 Å². The first-order chi connectivity index (χ1) is 12.8. The molecule has 1 saturated heterocycles. The number of aromatic nitrogens is 5. The van der Waals surface area contributed by atoms with Crippen molar-refractivity contribution in [3.63, 3.8) is 0 Å². The van der Waals surface area contributed by atoms with Crippen LogP contribution in [-0.4, -0.2) is 50.3 Å². The van der Waals surface area contributed by atoms with Gasteiger partial charge in [0, 0.05) is 30.9 Å². The lowest BCUT2D eigenvalue weighted by molar-refractivity contribution is 0.522. The molecule has 0 atom stereocenters. The van der Waals surface area contributed by atoms with Crippen molar-refractivity contribution in [3.8, 4) is 0 Å². The Balaban J connectivity index is 1.43. The van der Waals surface area contributed by atoms with Crippen molar-refractivity contribution in [3.05, 3.63) is 24.4 Å². The first kappa shape index (κ1) is 17.4. The van der Waals surface area contributed by atoms with E-state index in [4.69, 9.17) is 0 Å². The maximum Gasteiger partial charge on any atom is 0.176 e. The third-order valence-electron chi connectivity index (χ3n) is 4.58. The summed E-state index contributed by atoms with van der Waals surface area (Å²) in [7, 11) is 0. The molecule has 0 bridgehead atoms. The van der Waals surface area contributed by atoms with E-state index in [0.29, 0.717) is 6.04 Å². The van der Waals surface area contributed by atoms with E-state index in [-0.39, 0.29) is 0 Å². The predicted octanol–water partition coefficient (Wildman–Crippen LogP) is 3.24. The lowest BCUT2D eigenvalue weighted by atomic mass is 10.0. The molecule has 4 rings (SSSR count). The van der Waals surface area contributed by atoms with Crippen LogP contribution in [-0.2, 0) is 6.42 Å². The van der Waals surface area contributed by atoms with Crippen LogP contribution in [0, 0.1) is 0 Å². The molecule has 7 nitrogen and oxygen atoms in total. The summed E-state index contributed by atoms with van der Waals surface area (Å²) < 4.78 is 2.07. The smallest absolute Gasteiger partial charge is 0.176 e. The zero-order valence-corrected chi connectivity index (χ0v) is 16.5. The number of rotatable bonds is 5. The minimum Gasteiger partial charge on any atom is -0.366 e. The highest BCUT2D eigenvalue weighted by Crippen LogP contribution is 2.32. The number of hydrogen-bond donors (Lipinski definition) is 1. The highest BCUT2D eigenvalue weighted by Gasteiger charge is 2.22. The molecule has 26 heavy (non-hydrogen) atoms. The Morgan fingerprint density at radius 3 is 2.77 bits per heavy atom. The van der Waals surface area contributed by atoms with Gasteiger partial charge in [0.05, 0.1) is 0 Å². The molecular weight excluding hydrogens is 366 g/mol. The summed E-state index contributed by atoms with van der Waals surface area (Å²) in [4.78, 5) is 24.3. The molecule has 0 aliphatic carbocycles. The summed E-state index contributed by atoms with van der Waals surface area (Å²) in [5.41, 5.74) is 1.87. The van der Waals surface area contributed by atoms with Crippen LogP contribution in [0.5, 0.6) is 0 Å². The number of nitrogens with one attached hydrogen (secondary N) is 1. The number of hydrogen-bond acceptors (Lipinski definition) is 9. The van der Waals surface area contributed by atoms with Gasteiger partial charge in [-0.15, -0.1) is 11.3 Å². The number of nitrogens with zero attached hydrogens (tertiary/aromatic N) is 6. The monoisotopic (exact) mass is 387 g/mol. The van der Waals surface area contributed by atoms with Crippen LogP contribution in [0.15, 0.2) is 23.1 Å². The molecule has 3 aromatic rings. The van der Waals surface area contributed by atoms with Gasteiger partial charge < -0.3 is 10.2 Å².